The fourth-order valence-electron chi connectivity index (χ4n) is 2.36. The van der Waals surface area contributed by atoms with Gasteiger partial charge < -0.3 is 14.6 Å². The summed E-state index contributed by atoms with van der Waals surface area (Å²) in [6, 6.07) is 2.29. The summed E-state index contributed by atoms with van der Waals surface area (Å²) < 4.78 is 30.9. The van der Waals surface area contributed by atoms with Crippen LogP contribution in [0.5, 0.6) is 0 Å². The molecule has 1 unspecified atom stereocenters. The smallest absolute Gasteiger partial charge is 0.371 e. The van der Waals surface area contributed by atoms with E-state index in [0.29, 0.717) is 19.5 Å². The van der Waals surface area contributed by atoms with E-state index >= 15 is 0 Å². The summed E-state index contributed by atoms with van der Waals surface area (Å²) in [4.78, 5) is 10.7. The normalized spacial score (nSPS) is 20.9. The molecule has 112 valence electrons. The lowest BCUT2D eigenvalue weighted by molar-refractivity contribution is 0.0656. The van der Waals surface area contributed by atoms with Gasteiger partial charge in [0, 0.05) is 19.7 Å². The fourth-order valence-corrected chi connectivity index (χ4v) is 3.83. The standard InChI is InChI=1S/C12H17NO6S/c14-7-5-9-2-1-6-13(8-9)20(17,18)11-4-3-10(19-11)12(15)16/h3-4,9,14H,1-2,5-8H2,(H,15,16). The largest absolute Gasteiger partial charge is 0.475 e. The third-order valence-electron chi connectivity index (χ3n) is 3.41. The van der Waals surface area contributed by atoms with Crippen molar-refractivity contribution in [2.75, 3.05) is 19.7 Å². The third-order valence-corrected chi connectivity index (χ3v) is 5.14. The summed E-state index contributed by atoms with van der Waals surface area (Å²) >= 11 is 0. The van der Waals surface area contributed by atoms with Crippen molar-refractivity contribution in [3.05, 3.63) is 17.9 Å². The van der Waals surface area contributed by atoms with Crippen LogP contribution in [0.2, 0.25) is 0 Å². The number of sulfonamides is 1. The predicted molar refractivity (Wildman–Crippen MR) is 68.9 cm³/mol. The van der Waals surface area contributed by atoms with Crippen molar-refractivity contribution >= 4 is 16.0 Å². The van der Waals surface area contributed by atoms with Gasteiger partial charge in [-0.05, 0) is 37.3 Å². The monoisotopic (exact) mass is 303 g/mol. The molecule has 7 nitrogen and oxygen atoms in total. The quantitative estimate of drug-likeness (QED) is 0.831. The molecule has 0 bridgehead atoms. The minimum atomic E-state index is -3.80. The molecule has 1 aliphatic rings. The lowest BCUT2D eigenvalue weighted by Crippen LogP contribution is -2.40. The van der Waals surface area contributed by atoms with E-state index in [1.807, 2.05) is 0 Å². The molecular weight excluding hydrogens is 286 g/mol. The van der Waals surface area contributed by atoms with E-state index in [0.717, 1.165) is 25.0 Å². The Kier molecular flexibility index (Phi) is 4.46. The number of carboxylic acids is 1. The SMILES string of the molecule is O=C(O)c1ccc(S(=O)(=O)N2CCCC(CCO)C2)o1. The van der Waals surface area contributed by atoms with Crippen molar-refractivity contribution < 1.29 is 27.8 Å². The molecule has 1 saturated heterocycles. The molecule has 0 saturated carbocycles. The molecule has 0 amide bonds. The molecule has 0 aromatic carbocycles. The first kappa shape index (κ1) is 15.0. The number of aromatic carboxylic acids is 1. The van der Waals surface area contributed by atoms with Crippen LogP contribution in [0.4, 0.5) is 0 Å². The number of aliphatic hydroxyl groups is 1. The van der Waals surface area contributed by atoms with Crippen LogP contribution >= 0.6 is 0 Å². The number of hydrogen-bond donors (Lipinski definition) is 2. The molecule has 1 atom stereocenters. The van der Waals surface area contributed by atoms with Gasteiger partial charge in [0.05, 0.1) is 0 Å². The Morgan fingerprint density at radius 1 is 1.45 bits per heavy atom. The van der Waals surface area contributed by atoms with Crippen LogP contribution in [0.25, 0.3) is 0 Å². The molecule has 20 heavy (non-hydrogen) atoms. The topological polar surface area (TPSA) is 108 Å². The number of piperidine rings is 1. The summed E-state index contributed by atoms with van der Waals surface area (Å²) in [6.45, 7) is 0.738. The van der Waals surface area contributed by atoms with E-state index in [4.69, 9.17) is 14.6 Å². The number of hydrogen-bond acceptors (Lipinski definition) is 5. The second-order valence-electron chi connectivity index (χ2n) is 4.81. The summed E-state index contributed by atoms with van der Waals surface area (Å²) in [5.74, 6) is -1.58. The zero-order chi connectivity index (χ0) is 14.8. The van der Waals surface area contributed by atoms with Gasteiger partial charge in [0.1, 0.15) is 0 Å². The first-order valence-electron chi connectivity index (χ1n) is 6.39. The molecule has 0 aliphatic carbocycles. The van der Waals surface area contributed by atoms with Gasteiger partial charge >= 0.3 is 5.97 Å². The highest BCUT2D eigenvalue weighted by atomic mass is 32.2. The minimum Gasteiger partial charge on any atom is -0.475 e. The molecule has 2 heterocycles. The van der Waals surface area contributed by atoms with Gasteiger partial charge in [-0.25, -0.2) is 13.2 Å². The molecule has 1 aromatic heterocycles. The Morgan fingerprint density at radius 2 is 2.20 bits per heavy atom. The molecule has 1 aromatic rings. The Balaban J connectivity index is 2.18. The van der Waals surface area contributed by atoms with E-state index in [9.17, 15) is 13.2 Å². The van der Waals surface area contributed by atoms with Crippen molar-refractivity contribution in [1.29, 1.82) is 0 Å². The average Bonchev–Trinajstić information content (AvgIpc) is 2.90. The maximum atomic E-state index is 12.3. The Bertz CT molecular complexity index is 577. The highest BCUT2D eigenvalue weighted by molar-refractivity contribution is 7.89. The maximum Gasteiger partial charge on any atom is 0.371 e. The van der Waals surface area contributed by atoms with Gasteiger partial charge in [-0.3, -0.25) is 0 Å². The van der Waals surface area contributed by atoms with Gasteiger partial charge in [0.15, 0.2) is 0 Å². The van der Waals surface area contributed by atoms with E-state index in [1.165, 1.54) is 4.31 Å². The zero-order valence-corrected chi connectivity index (χ0v) is 11.7. The Hall–Kier alpha value is -1.38. The summed E-state index contributed by atoms with van der Waals surface area (Å²) in [5.41, 5.74) is 0. The van der Waals surface area contributed by atoms with Gasteiger partial charge in [-0.2, -0.15) is 4.31 Å². The molecule has 0 radical (unpaired) electrons. The van der Waals surface area contributed by atoms with Crippen molar-refractivity contribution in [2.45, 2.75) is 24.4 Å². The summed E-state index contributed by atoms with van der Waals surface area (Å²) in [7, 11) is -3.80. The summed E-state index contributed by atoms with van der Waals surface area (Å²) in [6.07, 6.45) is 2.16. The van der Waals surface area contributed by atoms with Crippen LogP contribution in [0, 0.1) is 5.92 Å². The van der Waals surface area contributed by atoms with Crippen LogP contribution in [0.1, 0.15) is 29.8 Å². The molecule has 2 N–H and O–H groups in total. The van der Waals surface area contributed by atoms with Crippen LogP contribution < -0.4 is 0 Å². The van der Waals surface area contributed by atoms with Gasteiger partial charge in [0.25, 0.3) is 10.0 Å². The predicted octanol–water partition coefficient (Wildman–Crippen LogP) is 0.761. The molecule has 1 fully saturated rings. The van der Waals surface area contributed by atoms with Gasteiger partial charge in [0.2, 0.25) is 10.9 Å². The van der Waals surface area contributed by atoms with Crippen LogP contribution in [0.15, 0.2) is 21.6 Å². The molecule has 0 spiro atoms. The number of furan rings is 1. The van der Waals surface area contributed by atoms with Crippen molar-refractivity contribution in [1.82, 2.24) is 4.31 Å². The van der Waals surface area contributed by atoms with Crippen LogP contribution in [-0.4, -0.2) is 48.6 Å². The second-order valence-corrected chi connectivity index (χ2v) is 6.68. The van der Waals surface area contributed by atoms with E-state index < -0.39 is 21.8 Å². The summed E-state index contributed by atoms with van der Waals surface area (Å²) in [5, 5.41) is 17.3. The van der Waals surface area contributed by atoms with E-state index in [1.54, 1.807) is 0 Å². The van der Waals surface area contributed by atoms with Crippen molar-refractivity contribution in [3.63, 3.8) is 0 Å². The number of carboxylic acid groups (broad SMARTS) is 1. The van der Waals surface area contributed by atoms with Crippen molar-refractivity contribution in [2.24, 2.45) is 5.92 Å². The highest BCUT2D eigenvalue weighted by Crippen LogP contribution is 2.26. The zero-order valence-electron chi connectivity index (χ0n) is 10.9. The first-order chi connectivity index (χ1) is 9.45. The van der Waals surface area contributed by atoms with Gasteiger partial charge in [-0.1, -0.05) is 0 Å². The number of carbonyl (C=O) groups is 1. The lowest BCUT2D eigenvalue weighted by atomic mass is 9.97. The van der Waals surface area contributed by atoms with Crippen molar-refractivity contribution in [3.8, 4) is 0 Å². The Morgan fingerprint density at radius 3 is 2.80 bits per heavy atom. The van der Waals surface area contributed by atoms with E-state index in [2.05, 4.69) is 0 Å². The molecule has 2 rings (SSSR count). The molecule has 1 aliphatic heterocycles. The first-order valence-corrected chi connectivity index (χ1v) is 7.83. The number of nitrogens with zero attached hydrogens (tertiary/aromatic N) is 1. The maximum absolute atomic E-state index is 12.3. The molecular formula is C12H17NO6S. The van der Waals surface area contributed by atoms with Crippen LogP contribution in [0.3, 0.4) is 0 Å². The third kappa shape index (κ3) is 3.02. The Labute approximate surface area is 116 Å². The highest BCUT2D eigenvalue weighted by Gasteiger charge is 2.32. The number of rotatable bonds is 5. The van der Waals surface area contributed by atoms with Crippen LogP contribution in [-0.2, 0) is 10.0 Å². The fraction of sp³-hybridized carbons (Fsp3) is 0.583. The van der Waals surface area contributed by atoms with E-state index in [-0.39, 0.29) is 17.6 Å². The number of aliphatic hydroxyl groups excluding tert-OH is 1. The second kappa shape index (κ2) is 5.94. The molecule has 8 heteroatoms. The minimum absolute atomic E-state index is 0.0302. The van der Waals surface area contributed by atoms with Gasteiger partial charge in [-0.15, -0.1) is 0 Å². The average molecular weight is 303 g/mol. The lowest BCUT2D eigenvalue weighted by Gasteiger charge is -2.30.